The van der Waals surface area contributed by atoms with Crippen LogP contribution >= 0.6 is 0 Å². The molecule has 0 bridgehead atoms. The molecule has 0 amide bonds. The van der Waals surface area contributed by atoms with Gasteiger partial charge in [-0.25, -0.2) is 9.48 Å². The minimum atomic E-state index is -0.462. The van der Waals surface area contributed by atoms with Crippen molar-refractivity contribution in [2.75, 3.05) is 6.61 Å². The number of aromatic nitrogens is 4. The highest BCUT2D eigenvalue weighted by molar-refractivity contribution is 5.74. The molecule has 0 atom stereocenters. The zero-order chi connectivity index (χ0) is 18.5. The van der Waals surface area contributed by atoms with Gasteiger partial charge in [0.05, 0.1) is 5.69 Å². The van der Waals surface area contributed by atoms with Crippen LogP contribution in [0.3, 0.4) is 0 Å². The molecule has 2 aromatic carbocycles. The maximum absolute atomic E-state index is 12.1. The molecule has 0 radical (unpaired) electrons. The molecule has 0 saturated carbocycles. The van der Waals surface area contributed by atoms with Crippen molar-refractivity contribution in [1.29, 1.82) is 0 Å². The van der Waals surface area contributed by atoms with Crippen LogP contribution in [0.2, 0.25) is 0 Å². The Hall–Kier alpha value is -3.22. The van der Waals surface area contributed by atoms with Gasteiger partial charge < -0.3 is 9.47 Å². The van der Waals surface area contributed by atoms with Crippen molar-refractivity contribution in [1.82, 2.24) is 20.2 Å². The molecule has 7 heteroatoms. The summed E-state index contributed by atoms with van der Waals surface area (Å²) in [6.45, 7) is 6.00. The lowest BCUT2D eigenvalue weighted by Crippen LogP contribution is -2.18. The Morgan fingerprint density at radius 3 is 2.58 bits per heavy atom. The van der Waals surface area contributed by atoms with Gasteiger partial charge in [-0.1, -0.05) is 26.0 Å². The molecule has 0 saturated heterocycles. The maximum Gasteiger partial charge on any atom is 0.349 e. The van der Waals surface area contributed by atoms with Crippen LogP contribution in [0.25, 0.3) is 5.69 Å². The molecular formula is C19H20N4O3. The van der Waals surface area contributed by atoms with Crippen molar-refractivity contribution in [2.45, 2.75) is 26.7 Å². The first-order chi connectivity index (χ1) is 12.5. The summed E-state index contributed by atoms with van der Waals surface area (Å²) in [5.74, 6) is 0.992. The van der Waals surface area contributed by atoms with Crippen LogP contribution in [0.5, 0.6) is 11.5 Å². The quantitative estimate of drug-likeness (QED) is 0.501. The van der Waals surface area contributed by atoms with E-state index in [4.69, 9.17) is 9.47 Å². The van der Waals surface area contributed by atoms with Gasteiger partial charge in [0, 0.05) is 0 Å². The normalized spacial score (nSPS) is 10.8. The summed E-state index contributed by atoms with van der Waals surface area (Å²) >= 11 is 0. The summed E-state index contributed by atoms with van der Waals surface area (Å²) in [4.78, 5) is 12.1. The van der Waals surface area contributed by atoms with Gasteiger partial charge in [-0.3, -0.25) is 0 Å². The van der Waals surface area contributed by atoms with E-state index in [0.29, 0.717) is 17.4 Å². The van der Waals surface area contributed by atoms with E-state index in [0.717, 1.165) is 16.8 Å². The highest BCUT2D eigenvalue weighted by atomic mass is 16.6. The second-order valence-corrected chi connectivity index (χ2v) is 6.21. The van der Waals surface area contributed by atoms with Gasteiger partial charge in [0.2, 0.25) is 0 Å². The summed E-state index contributed by atoms with van der Waals surface area (Å²) in [6.07, 6.45) is 1.49. The summed E-state index contributed by atoms with van der Waals surface area (Å²) in [6, 6.07) is 12.9. The van der Waals surface area contributed by atoms with Gasteiger partial charge in [0.1, 0.15) is 17.8 Å². The van der Waals surface area contributed by atoms with Crippen molar-refractivity contribution >= 4 is 5.97 Å². The molecule has 1 heterocycles. The van der Waals surface area contributed by atoms with Gasteiger partial charge in [-0.15, -0.1) is 5.10 Å². The zero-order valence-electron chi connectivity index (χ0n) is 14.9. The van der Waals surface area contributed by atoms with Crippen molar-refractivity contribution < 1.29 is 14.3 Å². The Kier molecular flexibility index (Phi) is 5.26. The average molecular weight is 352 g/mol. The van der Waals surface area contributed by atoms with E-state index in [1.165, 1.54) is 11.0 Å². The fraction of sp³-hybridized carbons (Fsp3) is 0.263. The first kappa shape index (κ1) is 17.6. The molecule has 7 nitrogen and oxygen atoms in total. The number of esters is 1. The third kappa shape index (κ3) is 4.24. The largest absolute Gasteiger partial charge is 0.482 e. The lowest BCUT2D eigenvalue weighted by atomic mass is 10.0. The number of benzene rings is 2. The van der Waals surface area contributed by atoms with Crippen LogP contribution in [0, 0.1) is 6.92 Å². The molecule has 0 N–H and O–H groups in total. The number of hydrogen-bond donors (Lipinski definition) is 0. The number of carbonyl (C=O) groups is 1. The second-order valence-electron chi connectivity index (χ2n) is 6.21. The molecule has 3 aromatic rings. The number of nitrogens with zero attached hydrogens (tertiary/aromatic N) is 4. The topological polar surface area (TPSA) is 79.1 Å². The van der Waals surface area contributed by atoms with Gasteiger partial charge >= 0.3 is 5.97 Å². The van der Waals surface area contributed by atoms with Crippen LogP contribution in [0.1, 0.15) is 30.9 Å². The molecule has 0 fully saturated rings. The van der Waals surface area contributed by atoms with Gasteiger partial charge in [-0.2, -0.15) is 0 Å². The average Bonchev–Trinajstić information content (AvgIpc) is 3.15. The highest BCUT2D eigenvalue weighted by Gasteiger charge is 2.12. The maximum atomic E-state index is 12.1. The number of tetrazole rings is 1. The van der Waals surface area contributed by atoms with E-state index in [1.54, 1.807) is 24.3 Å². The van der Waals surface area contributed by atoms with Crippen molar-refractivity contribution in [3.05, 3.63) is 59.9 Å². The predicted octanol–water partition coefficient (Wildman–Crippen LogP) is 3.08. The molecular weight excluding hydrogens is 332 g/mol. The Morgan fingerprint density at radius 1 is 1.15 bits per heavy atom. The summed E-state index contributed by atoms with van der Waals surface area (Å²) in [5, 5.41) is 11.0. The SMILES string of the molecule is Cc1ccc(C(C)C)c(OCC(=O)Oc2ccc(-n3cnnn3)cc2)c1. The smallest absolute Gasteiger partial charge is 0.349 e. The Labute approximate surface area is 151 Å². The Balaban J connectivity index is 1.60. The standard InChI is InChI=1S/C19H20N4O3/c1-13(2)17-9-4-14(3)10-18(17)25-11-19(24)26-16-7-5-15(6-8-16)23-12-20-21-22-23/h4-10,12-13H,11H2,1-3H3. The number of rotatable bonds is 6. The minimum Gasteiger partial charge on any atom is -0.482 e. The fourth-order valence-electron chi connectivity index (χ4n) is 2.49. The monoisotopic (exact) mass is 352 g/mol. The molecule has 0 aliphatic rings. The lowest BCUT2D eigenvalue weighted by molar-refractivity contribution is -0.136. The van der Waals surface area contributed by atoms with E-state index < -0.39 is 5.97 Å². The number of carbonyl (C=O) groups excluding carboxylic acids is 1. The fourth-order valence-corrected chi connectivity index (χ4v) is 2.49. The van der Waals surface area contributed by atoms with Crippen LogP contribution in [0.15, 0.2) is 48.8 Å². The van der Waals surface area contributed by atoms with E-state index in [1.807, 2.05) is 25.1 Å². The number of hydrogen-bond acceptors (Lipinski definition) is 6. The molecule has 0 unspecified atom stereocenters. The summed E-state index contributed by atoms with van der Waals surface area (Å²) in [7, 11) is 0. The molecule has 1 aromatic heterocycles. The van der Waals surface area contributed by atoms with Crippen LogP contribution in [-0.4, -0.2) is 32.8 Å². The molecule has 0 aliphatic carbocycles. The highest BCUT2D eigenvalue weighted by Crippen LogP contribution is 2.27. The predicted molar refractivity (Wildman–Crippen MR) is 95.6 cm³/mol. The Morgan fingerprint density at radius 2 is 1.92 bits per heavy atom. The zero-order valence-corrected chi connectivity index (χ0v) is 14.9. The van der Waals surface area contributed by atoms with E-state index in [2.05, 4.69) is 29.4 Å². The molecule has 0 spiro atoms. The number of ether oxygens (including phenoxy) is 2. The van der Waals surface area contributed by atoms with Crippen LogP contribution in [-0.2, 0) is 4.79 Å². The second kappa shape index (κ2) is 7.77. The van der Waals surface area contributed by atoms with Gasteiger partial charge in [0.15, 0.2) is 6.61 Å². The minimum absolute atomic E-state index is 0.155. The molecule has 3 rings (SSSR count). The molecule has 26 heavy (non-hydrogen) atoms. The van der Waals surface area contributed by atoms with E-state index in [9.17, 15) is 4.79 Å². The first-order valence-electron chi connectivity index (χ1n) is 8.30. The molecule has 134 valence electrons. The van der Waals surface area contributed by atoms with Crippen molar-refractivity contribution in [2.24, 2.45) is 0 Å². The van der Waals surface area contributed by atoms with Crippen molar-refractivity contribution in [3.63, 3.8) is 0 Å². The van der Waals surface area contributed by atoms with E-state index in [-0.39, 0.29) is 6.61 Å². The number of aryl methyl sites for hydroxylation is 1. The van der Waals surface area contributed by atoms with E-state index >= 15 is 0 Å². The lowest BCUT2D eigenvalue weighted by Gasteiger charge is -2.14. The van der Waals surface area contributed by atoms with Gasteiger partial charge in [0.25, 0.3) is 0 Å². The van der Waals surface area contributed by atoms with Gasteiger partial charge in [-0.05, 0) is 64.7 Å². The third-order valence-electron chi connectivity index (χ3n) is 3.82. The summed E-state index contributed by atoms with van der Waals surface area (Å²) in [5.41, 5.74) is 2.91. The Bertz CT molecular complexity index is 874. The van der Waals surface area contributed by atoms with Crippen molar-refractivity contribution in [3.8, 4) is 17.2 Å². The van der Waals surface area contributed by atoms with Crippen LogP contribution in [0.4, 0.5) is 0 Å². The van der Waals surface area contributed by atoms with Crippen LogP contribution < -0.4 is 9.47 Å². The first-order valence-corrected chi connectivity index (χ1v) is 8.30. The third-order valence-corrected chi connectivity index (χ3v) is 3.82. The summed E-state index contributed by atoms with van der Waals surface area (Å²) < 4.78 is 12.5. The molecule has 0 aliphatic heterocycles.